The molecule has 5 fully saturated rings. The molecule has 5 heterocycles. The number of ether oxygens (including phenoxy) is 9. The van der Waals surface area contributed by atoms with E-state index in [0.717, 1.165) is 13.8 Å². The number of nitrogens with one attached hydrogen (secondary N) is 3. The quantitative estimate of drug-likeness (QED) is 0.0340. The summed E-state index contributed by atoms with van der Waals surface area (Å²) in [7, 11) is -45.4. The van der Waals surface area contributed by atoms with Gasteiger partial charge in [0.05, 0.1) is 32.0 Å². The molecule has 25 atom stereocenters. The maximum atomic E-state index is 12.6. The molecule has 5 saturated heterocycles. The van der Waals surface area contributed by atoms with Crippen molar-refractivity contribution >= 4 is 82.9 Å². The Labute approximate surface area is 485 Å². The summed E-state index contributed by atoms with van der Waals surface area (Å²) in [5.74, 6) is 0. The highest BCUT2D eigenvalue weighted by Gasteiger charge is 2.59. The first-order chi connectivity index (χ1) is 38.8. The number of aliphatic hydroxyl groups is 7. The van der Waals surface area contributed by atoms with Crippen LogP contribution in [0.15, 0.2) is 0 Å². The summed E-state index contributed by atoms with van der Waals surface area (Å²) >= 11 is 0. The van der Waals surface area contributed by atoms with Crippen LogP contribution in [0.25, 0.3) is 0 Å². The van der Waals surface area contributed by atoms with Crippen LogP contribution in [0, 0.1) is 0 Å². The molecule has 0 aromatic carbocycles. The zero-order valence-corrected chi connectivity index (χ0v) is 48.8. The van der Waals surface area contributed by atoms with E-state index < -0.39 is 256 Å². The largest absolute Gasteiger partial charge is 0.397 e. The second-order valence-corrected chi connectivity index (χ2v) is 27.3. The van der Waals surface area contributed by atoms with E-state index in [1.54, 1.807) is 0 Å². The van der Waals surface area contributed by atoms with Crippen LogP contribution in [0.1, 0.15) is 13.8 Å². The minimum Gasteiger partial charge on any atom is -0.388 e. The van der Waals surface area contributed by atoms with Crippen molar-refractivity contribution in [3.05, 3.63) is 0 Å². The lowest BCUT2D eigenvalue weighted by molar-refractivity contribution is -0.374. The Bertz CT molecular complexity index is 3250. The van der Waals surface area contributed by atoms with Gasteiger partial charge < -0.3 is 78.4 Å². The molecule has 508 valence electrons. The van der Waals surface area contributed by atoms with Gasteiger partial charge in [0.25, 0.3) is 0 Å². The second-order valence-electron chi connectivity index (χ2n) is 18.4. The topological polar surface area (TPSA) is 742 Å². The maximum Gasteiger partial charge on any atom is 0.397 e. The van der Waals surface area contributed by atoms with E-state index in [4.69, 9.17) is 51.7 Å². The van der Waals surface area contributed by atoms with E-state index in [0.29, 0.717) is 0 Å². The van der Waals surface area contributed by atoms with Gasteiger partial charge in [-0.2, -0.15) is 81.5 Å². The molecule has 0 amide bonds. The summed E-state index contributed by atoms with van der Waals surface area (Å²) in [6.07, 6.45) is -55.7. The lowest BCUT2D eigenvalue weighted by Crippen LogP contribution is -2.70. The highest BCUT2D eigenvalue weighted by molar-refractivity contribution is 7.84. The van der Waals surface area contributed by atoms with Crippen molar-refractivity contribution in [3.8, 4) is 0 Å². The fraction of sp³-hybridized carbons (Fsp3) is 1.00. The van der Waals surface area contributed by atoms with Gasteiger partial charge in [-0.1, -0.05) is 0 Å². The van der Waals surface area contributed by atoms with Crippen LogP contribution in [0.3, 0.4) is 0 Å². The molecular weight excluding hydrogens is 1380 g/mol. The summed E-state index contributed by atoms with van der Waals surface area (Å²) in [4.78, 5) is 0. The average Bonchev–Trinajstić information content (AvgIpc) is 0.886. The molecule has 86 heavy (non-hydrogen) atoms. The Kier molecular flexibility index (Phi) is 24.7. The molecule has 5 aliphatic rings. The first kappa shape index (κ1) is 75.0. The van der Waals surface area contributed by atoms with Crippen molar-refractivity contribution in [1.82, 2.24) is 14.2 Å². The molecular formula is C30H55N3O45S8. The standard InChI is InChI=1S/C30H55N3O45S8/c1-6-20(73-27-12(32-80(44,45)46)15(35)14(34)8(71-27)3-65-82(50,51)52)17(37)18(38)29(68-6)76-23-10(5-67-84(56,57)58)72-28(13(33-81(47,48)49)24(23)77-85(59,60)61)74-21-7(2)69-30(25(19(21)39)78-86(62,63)64)75-22-9(4-66-83(53,54)55)70-26(40)11(16(22)36)31-79(41,42)43/h6-40H,3-5H2,1-2H3,(H,41,42,43)(H,44,45,46)(H,47,48,49)(H,50,51,52)(H,53,54,55)(H,56,57,58)(H,59,60,61)(H,62,63,64)/t6?,7?,8?,9?,10?,11?,12?,13?,14-,15-,16-,17-,18?,19-,20-,21-,22-,23-,24-,25?,26-,27+,28+,29+,30+/m1/s1. The average molecular weight is 1430 g/mol. The van der Waals surface area contributed by atoms with E-state index >= 15 is 0 Å². The Morgan fingerprint density at radius 3 is 1.16 bits per heavy atom. The number of hydrogen-bond donors (Lipinski definition) is 18. The van der Waals surface area contributed by atoms with Crippen LogP contribution >= 0.6 is 0 Å². The van der Waals surface area contributed by atoms with Crippen molar-refractivity contribution in [2.75, 3.05) is 19.8 Å². The van der Waals surface area contributed by atoms with E-state index in [1.807, 2.05) is 0 Å². The zero-order valence-electron chi connectivity index (χ0n) is 42.3. The molecule has 18 N–H and O–H groups in total. The van der Waals surface area contributed by atoms with E-state index in [2.05, 4.69) is 20.9 Å². The lowest BCUT2D eigenvalue weighted by atomic mass is 9.94. The fourth-order valence-corrected chi connectivity index (χ4v) is 12.5. The summed E-state index contributed by atoms with van der Waals surface area (Å²) in [6, 6.07) is -7.71. The molecule has 56 heteroatoms. The Hall–Kier alpha value is -1.68. The van der Waals surface area contributed by atoms with Crippen molar-refractivity contribution in [3.63, 3.8) is 0 Å². The van der Waals surface area contributed by atoms with Crippen molar-refractivity contribution in [2.24, 2.45) is 0 Å². The molecule has 0 bridgehead atoms. The van der Waals surface area contributed by atoms with E-state index in [1.165, 1.54) is 14.2 Å². The molecule has 0 radical (unpaired) electrons. The van der Waals surface area contributed by atoms with Crippen molar-refractivity contribution in [2.45, 2.75) is 167 Å². The number of hydrogen-bond acceptors (Lipinski definition) is 37. The maximum absolute atomic E-state index is 12.6. The summed E-state index contributed by atoms with van der Waals surface area (Å²) in [6.45, 7) is -2.93. The fourth-order valence-electron chi connectivity index (χ4n) is 8.81. The minimum absolute atomic E-state index is 0.803. The van der Waals surface area contributed by atoms with Crippen LogP contribution < -0.4 is 14.2 Å². The molecule has 0 aromatic rings. The van der Waals surface area contributed by atoms with E-state index in [-0.39, 0.29) is 0 Å². The van der Waals surface area contributed by atoms with Gasteiger partial charge >= 0.3 is 82.9 Å². The van der Waals surface area contributed by atoms with Crippen LogP contribution in [0.5, 0.6) is 0 Å². The number of aliphatic hydroxyl groups excluding tert-OH is 7. The number of rotatable bonds is 27. The van der Waals surface area contributed by atoms with Gasteiger partial charge in [0.15, 0.2) is 37.6 Å². The molecule has 0 spiro atoms. The smallest absolute Gasteiger partial charge is 0.388 e. The van der Waals surface area contributed by atoms with Gasteiger partial charge in [-0.25, -0.2) is 20.9 Å². The SMILES string of the molecule is CC1O[C@@H](O[C@@H]2C(COS(=O)(=O)O)O[C@@H](O[C@@H]3C(C)O[C@@H](O[C@@H]4C(COS(=O)(=O)O)O[C@@H](O)C(NS(=O)(=O)O)[C@H]4O)C(OS(=O)(=O)O)[C@@H]3O)C(NS(=O)(=O)O)[C@H]2OS(=O)(=O)O)C(O)[C@@H](O)[C@@H]1O[C@@H]1OC(COS(=O)(=O)O)[C@@H](O)[C@H](O)C1NS(=O)(=O)O. The van der Waals surface area contributed by atoms with Crippen LogP contribution in [0.4, 0.5) is 0 Å². The van der Waals surface area contributed by atoms with Crippen LogP contribution in [-0.4, -0.2) is 313 Å². The predicted octanol–water partition coefficient (Wildman–Crippen LogP) is -12.5. The predicted molar refractivity (Wildman–Crippen MR) is 253 cm³/mol. The minimum atomic E-state index is -6.15. The van der Waals surface area contributed by atoms with Gasteiger partial charge in [0.2, 0.25) is 0 Å². The van der Waals surface area contributed by atoms with Crippen LogP contribution in [-0.2, 0) is 146 Å². The third kappa shape index (κ3) is 22.0. The molecule has 0 aromatic heterocycles. The Morgan fingerprint density at radius 1 is 0.326 bits per heavy atom. The molecule has 5 aliphatic heterocycles. The first-order valence-corrected chi connectivity index (χ1v) is 34.0. The lowest BCUT2D eigenvalue weighted by Gasteiger charge is -2.50. The second kappa shape index (κ2) is 28.3. The normalized spacial score (nSPS) is 40.3. The summed E-state index contributed by atoms with van der Waals surface area (Å²) in [5.41, 5.74) is 0. The first-order valence-electron chi connectivity index (χ1n) is 22.9. The van der Waals surface area contributed by atoms with E-state index in [9.17, 15) is 130 Å². The molecule has 0 saturated carbocycles. The highest BCUT2D eigenvalue weighted by atomic mass is 32.3. The van der Waals surface area contributed by atoms with Gasteiger partial charge in [-0.05, 0) is 13.8 Å². The van der Waals surface area contributed by atoms with Gasteiger partial charge in [0.1, 0.15) is 104 Å². The molecule has 10 unspecified atom stereocenters. The zero-order chi connectivity index (χ0) is 65.6. The van der Waals surface area contributed by atoms with Gasteiger partial charge in [-0.3, -0.25) is 36.4 Å². The monoisotopic (exact) mass is 1430 g/mol. The third-order valence-corrected chi connectivity index (χ3v) is 16.1. The summed E-state index contributed by atoms with van der Waals surface area (Å²) < 4.78 is 342. The summed E-state index contributed by atoms with van der Waals surface area (Å²) in [5, 5.41) is 77.3. The van der Waals surface area contributed by atoms with Crippen molar-refractivity contribution in [1.29, 1.82) is 0 Å². The Balaban J connectivity index is 1.52. The Morgan fingerprint density at radius 2 is 0.698 bits per heavy atom. The molecule has 0 aliphatic carbocycles. The van der Waals surface area contributed by atoms with Crippen molar-refractivity contribution < 1.29 is 203 Å². The van der Waals surface area contributed by atoms with Gasteiger partial charge in [-0.15, -0.1) is 0 Å². The molecule has 5 rings (SSSR count). The molecule has 48 nitrogen and oxygen atoms in total. The highest BCUT2D eigenvalue weighted by Crippen LogP contribution is 2.38. The van der Waals surface area contributed by atoms with Crippen LogP contribution in [0.2, 0.25) is 0 Å². The third-order valence-electron chi connectivity index (χ3n) is 12.2. The van der Waals surface area contributed by atoms with Gasteiger partial charge in [0, 0.05) is 0 Å².